The summed E-state index contributed by atoms with van der Waals surface area (Å²) in [6.07, 6.45) is 3.73. The van der Waals surface area contributed by atoms with E-state index in [0.29, 0.717) is 0 Å². The van der Waals surface area contributed by atoms with Crippen LogP contribution in [-0.2, 0) is 0 Å². The fourth-order valence-corrected chi connectivity index (χ4v) is 2.26. The lowest BCUT2D eigenvalue weighted by Gasteiger charge is -2.22. The first-order valence-electron chi connectivity index (χ1n) is 5.91. The van der Waals surface area contributed by atoms with Crippen molar-refractivity contribution < 1.29 is 15.1 Å². The second-order valence-electron chi connectivity index (χ2n) is 4.61. The minimum atomic E-state index is -0.519. The number of aromatic hydroxyl groups is 1. The number of hydrogen-bond acceptors (Lipinski definition) is 3. The number of carbonyl (C=O) groups is 1. The van der Waals surface area contributed by atoms with Gasteiger partial charge in [0, 0.05) is 0 Å². The van der Waals surface area contributed by atoms with E-state index in [1.807, 2.05) is 6.92 Å². The van der Waals surface area contributed by atoms with Gasteiger partial charge < -0.3 is 5.11 Å². The highest BCUT2D eigenvalue weighted by molar-refractivity contribution is 5.96. The molecule has 1 fully saturated rings. The molecule has 2 rings (SSSR count). The Bertz CT molecular complexity index is 425. The molecule has 92 valence electrons. The number of hydrogen-bond donors (Lipinski definition) is 2. The van der Waals surface area contributed by atoms with Crippen LogP contribution < -0.4 is 0 Å². The Morgan fingerprint density at radius 3 is 2.59 bits per heavy atom. The molecule has 4 nitrogen and oxygen atoms in total. The maximum absolute atomic E-state index is 12.0. The summed E-state index contributed by atoms with van der Waals surface area (Å²) >= 11 is 0. The van der Waals surface area contributed by atoms with E-state index in [4.69, 9.17) is 0 Å². The van der Waals surface area contributed by atoms with Gasteiger partial charge in [0.25, 0.3) is 5.91 Å². The molecule has 1 aromatic rings. The summed E-state index contributed by atoms with van der Waals surface area (Å²) in [5.41, 5.74) is 1.04. The summed E-state index contributed by atoms with van der Waals surface area (Å²) in [6, 6.07) is 4.71. The molecule has 1 aromatic carbocycles. The molecule has 0 unspecified atom stereocenters. The molecule has 4 heteroatoms. The maximum atomic E-state index is 12.0. The van der Waals surface area contributed by atoms with Gasteiger partial charge in [0.1, 0.15) is 5.75 Å². The number of nitrogens with zero attached hydrogens (tertiary/aromatic N) is 1. The topological polar surface area (TPSA) is 60.8 Å². The molecule has 2 N–H and O–H groups in total. The molecule has 0 radical (unpaired) electrons. The molecule has 0 heterocycles. The van der Waals surface area contributed by atoms with Crippen LogP contribution in [0.3, 0.4) is 0 Å². The van der Waals surface area contributed by atoms with E-state index in [9.17, 15) is 15.1 Å². The molecule has 1 amide bonds. The average Bonchev–Trinajstić information content (AvgIpc) is 2.80. The van der Waals surface area contributed by atoms with Crippen molar-refractivity contribution in [2.75, 3.05) is 0 Å². The number of rotatable bonds is 2. The largest absolute Gasteiger partial charge is 0.507 e. The third-order valence-corrected chi connectivity index (χ3v) is 3.26. The highest BCUT2D eigenvalue weighted by Crippen LogP contribution is 2.26. The zero-order valence-corrected chi connectivity index (χ0v) is 9.89. The first-order valence-corrected chi connectivity index (χ1v) is 5.91. The summed E-state index contributed by atoms with van der Waals surface area (Å²) in [5, 5.41) is 20.3. The zero-order valence-electron chi connectivity index (χ0n) is 9.89. The molecule has 1 aliphatic rings. The van der Waals surface area contributed by atoms with Gasteiger partial charge in [0.15, 0.2) is 0 Å². The summed E-state index contributed by atoms with van der Waals surface area (Å²) in [4.78, 5) is 12.0. The average molecular weight is 235 g/mol. The predicted molar refractivity (Wildman–Crippen MR) is 63.1 cm³/mol. The first-order chi connectivity index (χ1) is 8.09. The van der Waals surface area contributed by atoms with E-state index >= 15 is 0 Å². The first kappa shape index (κ1) is 11.9. The van der Waals surface area contributed by atoms with Crippen LogP contribution in [0.2, 0.25) is 0 Å². The van der Waals surface area contributed by atoms with Crippen LogP contribution in [-0.4, -0.2) is 27.3 Å². The summed E-state index contributed by atoms with van der Waals surface area (Å²) < 4.78 is 0. The molecular weight excluding hydrogens is 218 g/mol. The molecule has 0 atom stereocenters. The Hall–Kier alpha value is -1.55. The lowest BCUT2D eigenvalue weighted by molar-refractivity contribution is -0.0868. The second kappa shape index (κ2) is 4.75. The molecular formula is C13H17NO3. The van der Waals surface area contributed by atoms with Gasteiger partial charge in [0.2, 0.25) is 0 Å². The number of carbonyl (C=O) groups excluding carboxylic acids is 1. The van der Waals surface area contributed by atoms with E-state index in [-0.39, 0.29) is 17.4 Å². The van der Waals surface area contributed by atoms with Gasteiger partial charge in [-0.05, 0) is 37.5 Å². The number of amides is 1. The normalized spacial score (nSPS) is 16.1. The summed E-state index contributed by atoms with van der Waals surface area (Å²) in [6.45, 7) is 1.83. The van der Waals surface area contributed by atoms with Crippen LogP contribution in [0.1, 0.15) is 41.6 Å². The lowest BCUT2D eigenvalue weighted by Crippen LogP contribution is -2.35. The van der Waals surface area contributed by atoms with Crippen LogP contribution in [0.15, 0.2) is 18.2 Å². The Morgan fingerprint density at radius 1 is 1.35 bits per heavy atom. The molecule has 0 bridgehead atoms. The number of aryl methyl sites for hydroxylation is 1. The monoisotopic (exact) mass is 235 g/mol. The van der Waals surface area contributed by atoms with Gasteiger partial charge in [-0.2, -0.15) is 0 Å². The summed E-state index contributed by atoms with van der Waals surface area (Å²) in [7, 11) is 0. The molecule has 0 aromatic heterocycles. The Balaban J connectivity index is 2.18. The highest BCUT2D eigenvalue weighted by Gasteiger charge is 2.27. The Morgan fingerprint density at radius 2 is 2.00 bits per heavy atom. The molecule has 0 aliphatic heterocycles. The third-order valence-electron chi connectivity index (χ3n) is 3.26. The molecule has 0 saturated heterocycles. The minimum absolute atomic E-state index is 0.0768. The van der Waals surface area contributed by atoms with Crippen molar-refractivity contribution in [1.82, 2.24) is 5.06 Å². The van der Waals surface area contributed by atoms with Gasteiger partial charge in [-0.3, -0.25) is 10.0 Å². The van der Waals surface area contributed by atoms with Crippen LogP contribution in [0.5, 0.6) is 5.75 Å². The van der Waals surface area contributed by atoms with E-state index in [0.717, 1.165) is 36.3 Å². The Kier molecular flexibility index (Phi) is 3.33. The predicted octanol–water partition coefficient (Wildman–Crippen LogP) is 2.47. The standard InChI is InChI=1S/C13H17NO3/c1-9-6-7-11(12(15)8-9)13(16)14(17)10-4-2-3-5-10/h6-8,10,15,17H,2-5H2,1H3. The number of phenols is 1. The molecule has 1 saturated carbocycles. The van der Waals surface area contributed by atoms with Gasteiger partial charge in [-0.1, -0.05) is 18.9 Å². The zero-order chi connectivity index (χ0) is 12.4. The van der Waals surface area contributed by atoms with E-state index < -0.39 is 5.91 Å². The van der Waals surface area contributed by atoms with Crippen LogP contribution in [0, 0.1) is 6.92 Å². The van der Waals surface area contributed by atoms with Crippen molar-refractivity contribution in [2.45, 2.75) is 38.6 Å². The highest BCUT2D eigenvalue weighted by atomic mass is 16.5. The minimum Gasteiger partial charge on any atom is -0.507 e. The van der Waals surface area contributed by atoms with Gasteiger partial charge >= 0.3 is 0 Å². The Labute approximate surface area is 100 Å². The van der Waals surface area contributed by atoms with Gasteiger partial charge in [-0.15, -0.1) is 0 Å². The number of benzene rings is 1. The second-order valence-corrected chi connectivity index (χ2v) is 4.61. The fourth-order valence-electron chi connectivity index (χ4n) is 2.26. The quantitative estimate of drug-likeness (QED) is 0.611. The molecule has 0 spiro atoms. The van der Waals surface area contributed by atoms with Crippen molar-refractivity contribution in [3.63, 3.8) is 0 Å². The van der Waals surface area contributed by atoms with Crippen LogP contribution in [0.25, 0.3) is 0 Å². The third kappa shape index (κ3) is 2.42. The number of hydroxylamine groups is 2. The van der Waals surface area contributed by atoms with Crippen molar-refractivity contribution in [1.29, 1.82) is 0 Å². The van der Waals surface area contributed by atoms with E-state index in [1.165, 1.54) is 6.07 Å². The molecule has 1 aliphatic carbocycles. The summed E-state index contributed by atoms with van der Waals surface area (Å²) in [5.74, 6) is -0.596. The van der Waals surface area contributed by atoms with Crippen molar-refractivity contribution in [3.05, 3.63) is 29.3 Å². The van der Waals surface area contributed by atoms with E-state index in [1.54, 1.807) is 12.1 Å². The van der Waals surface area contributed by atoms with Gasteiger partial charge in [0.05, 0.1) is 11.6 Å². The fraction of sp³-hybridized carbons (Fsp3) is 0.462. The SMILES string of the molecule is Cc1ccc(C(=O)N(O)C2CCCC2)c(O)c1. The number of phenolic OH excluding ortho intramolecular Hbond substituents is 1. The van der Waals surface area contributed by atoms with Crippen molar-refractivity contribution >= 4 is 5.91 Å². The lowest BCUT2D eigenvalue weighted by atomic mass is 10.1. The van der Waals surface area contributed by atoms with Gasteiger partial charge in [-0.25, -0.2) is 5.06 Å². The van der Waals surface area contributed by atoms with E-state index in [2.05, 4.69) is 0 Å². The van der Waals surface area contributed by atoms with Crippen molar-refractivity contribution in [3.8, 4) is 5.75 Å². The van der Waals surface area contributed by atoms with Crippen LogP contribution >= 0.6 is 0 Å². The molecule has 17 heavy (non-hydrogen) atoms. The maximum Gasteiger partial charge on any atom is 0.281 e. The van der Waals surface area contributed by atoms with Crippen molar-refractivity contribution in [2.24, 2.45) is 0 Å². The van der Waals surface area contributed by atoms with Crippen LogP contribution in [0.4, 0.5) is 0 Å². The smallest absolute Gasteiger partial charge is 0.281 e.